The average molecular weight is 326 g/mol. The van der Waals surface area contributed by atoms with Crippen molar-refractivity contribution in [3.8, 4) is 0 Å². The molecule has 0 bridgehead atoms. The zero-order valence-corrected chi connectivity index (χ0v) is 13.4. The molecule has 2 aromatic carbocycles. The normalized spacial score (nSPS) is 17.7. The van der Waals surface area contributed by atoms with E-state index in [0.717, 1.165) is 12.0 Å². The third-order valence-electron chi connectivity index (χ3n) is 3.39. The molecule has 5 heteroatoms. The van der Waals surface area contributed by atoms with Crippen LogP contribution >= 0.6 is 11.8 Å². The first kappa shape index (κ1) is 15.5. The van der Waals surface area contributed by atoms with Crippen molar-refractivity contribution < 1.29 is 9.18 Å². The summed E-state index contributed by atoms with van der Waals surface area (Å²) in [6.45, 7) is 2.10. The minimum Gasteiger partial charge on any atom is -0.300 e. The number of benzene rings is 2. The van der Waals surface area contributed by atoms with Crippen molar-refractivity contribution in [2.75, 3.05) is 0 Å². The van der Waals surface area contributed by atoms with E-state index in [4.69, 9.17) is 0 Å². The maximum Gasteiger partial charge on any atom is 0.264 e. The molecular formula is C18H15FN2OS. The molecule has 116 valence electrons. The number of carbonyl (C=O) groups is 1. The van der Waals surface area contributed by atoms with Gasteiger partial charge in [0.2, 0.25) is 0 Å². The Hall–Kier alpha value is -2.40. The van der Waals surface area contributed by atoms with Crippen LogP contribution in [-0.2, 0) is 11.2 Å². The number of nitrogens with zero attached hydrogens (tertiary/aromatic N) is 1. The zero-order valence-electron chi connectivity index (χ0n) is 12.5. The number of amidine groups is 1. The van der Waals surface area contributed by atoms with Gasteiger partial charge in [0.15, 0.2) is 5.17 Å². The summed E-state index contributed by atoms with van der Waals surface area (Å²) < 4.78 is 12.9. The highest BCUT2D eigenvalue weighted by atomic mass is 32.2. The molecule has 0 aliphatic carbocycles. The monoisotopic (exact) mass is 326 g/mol. The van der Waals surface area contributed by atoms with Crippen molar-refractivity contribution >= 4 is 34.6 Å². The van der Waals surface area contributed by atoms with Gasteiger partial charge in [-0.1, -0.05) is 31.2 Å². The van der Waals surface area contributed by atoms with Crippen LogP contribution in [0.5, 0.6) is 0 Å². The topological polar surface area (TPSA) is 41.5 Å². The zero-order chi connectivity index (χ0) is 16.2. The number of aliphatic imine (C=N–C) groups is 1. The van der Waals surface area contributed by atoms with E-state index in [9.17, 15) is 9.18 Å². The smallest absolute Gasteiger partial charge is 0.264 e. The number of aryl methyl sites for hydroxylation is 1. The van der Waals surface area contributed by atoms with Gasteiger partial charge in [-0.3, -0.25) is 4.79 Å². The highest BCUT2D eigenvalue weighted by Crippen LogP contribution is 2.28. The van der Waals surface area contributed by atoms with Gasteiger partial charge >= 0.3 is 0 Å². The Kier molecular flexibility index (Phi) is 4.57. The quantitative estimate of drug-likeness (QED) is 0.855. The maximum atomic E-state index is 12.9. The number of nitrogens with one attached hydrogen (secondary N) is 1. The molecule has 1 fully saturated rings. The Bertz CT molecular complexity index is 780. The van der Waals surface area contributed by atoms with Crippen molar-refractivity contribution in [3.05, 3.63) is 70.4 Å². The van der Waals surface area contributed by atoms with Crippen LogP contribution in [0.25, 0.3) is 6.08 Å². The second-order valence-corrected chi connectivity index (χ2v) is 6.08. The summed E-state index contributed by atoms with van der Waals surface area (Å²) in [7, 11) is 0. The number of hydrogen-bond acceptors (Lipinski definition) is 3. The molecule has 23 heavy (non-hydrogen) atoms. The fraction of sp³-hybridized carbons (Fsp3) is 0.111. The van der Waals surface area contributed by atoms with Gasteiger partial charge in [0.05, 0.1) is 10.6 Å². The highest BCUT2D eigenvalue weighted by Gasteiger charge is 2.23. The number of halogens is 1. The SMILES string of the molecule is CCc1ccc(C=C2SC(=Nc3ccc(F)cc3)NC2=O)cc1. The average Bonchev–Trinajstić information content (AvgIpc) is 2.90. The molecule has 1 amide bonds. The molecule has 0 atom stereocenters. The standard InChI is InChI=1S/C18H15FN2OS/c1-2-12-3-5-13(6-4-12)11-16-17(22)21-18(23-16)20-15-9-7-14(19)8-10-15/h3-11H,2H2,1H3,(H,20,21,22). The fourth-order valence-electron chi connectivity index (χ4n) is 2.11. The second-order valence-electron chi connectivity index (χ2n) is 5.05. The summed E-state index contributed by atoms with van der Waals surface area (Å²) in [4.78, 5) is 16.9. The van der Waals surface area contributed by atoms with E-state index in [2.05, 4.69) is 29.4 Å². The van der Waals surface area contributed by atoms with Crippen molar-refractivity contribution in [1.29, 1.82) is 0 Å². The van der Waals surface area contributed by atoms with Crippen LogP contribution in [0.2, 0.25) is 0 Å². The molecule has 3 rings (SSSR count). The lowest BCUT2D eigenvalue weighted by molar-refractivity contribution is -0.115. The minimum absolute atomic E-state index is 0.171. The van der Waals surface area contributed by atoms with Crippen LogP contribution in [0.15, 0.2) is 58.4 Å². The molecule has 3 nitrogen and oxygen atoms in total. The molecule has 1 aliphatic heterocycles. The molecule has 0 spiro atoms. The number of thioether (sulfide) groups is 1. The first-order chi connectivity index (χ1) is 11.1. The van der Waals surface area contributed by atoms with Crippen molar-refractivity contribution in [1.82, 2.24) is 5.32 Å². The number of carbonyl (C=O) groups excluding carboxylic acids is 1. The van der Waals surface area contributed by atoms with Crippen LogP contribution in [0.3, 0.4) is 0 Å². The molecule has 0 aromatic heterocycles. The Balaban J connectivity index is 1.78. The summed E-state index contributed by atoms with van der Waals surface area (Å²) >= 11 is 1.28. The lowest BCUT2D eigenvalue weighted by Crippen LogP contribution is -2.19. The number of rotatable bonds is 3. The summed E-state index contributed by atoms with van der Waals surface area (Å²) in [6.07, 6.45) is 2.83. The Morgan fingerprint density at radius 3 is 2.48 bits per heavy atom. The van der Waals surface area contributed by atoms with E-state index in [-0.39, 0.29) is 11.7 Å². The van der Waals surface area contributed by atoms with Crippen LogP contribution < -0.4 is 5.32 Å². The van der Waals surface area contributed by atoms with Crippen molar-refractivity contribution in [2.45, 2.75) is 13.3 Å². The van der Waals surface area contributed by atoms with E-state index in [1.165, 1.54) is 29.5 Å². The predicted octanol–water partition coefficient (Wildman–Crippen LogP) is 4.28. The van der Waals surface area contributed by atoms with Gasteiger partial charge in [0.1, 0.15) is 5.82 Å². The van der Waals surface area contributed by atoms with Gasteiger partial charge in [-0.05, 0) is 59.7 Å². The molecule has 0 saturated carbocycles. The Morgan fingerprint density at radius 1 is 1.13 bits per heavy atom. The molecule has 0 unspecified atom stereocenters. The second kappa shape index (κ2) is 6.79. The molecule has 1 N–H and O–H groups in total. The maximum absolute atomic E-state index is 12.9. The van der Waals surface area contributed by atoms with Crippen LogP contribution in [0.4, 0.5) is 10.1 Å². The fourth-order valence-corrected chi connectivity index (χ4v) is 2.96. The van der Waals surface area contributed by atoms with Gasteiger partial charge in [-0.25, -0.2) is 9.38 Å². The lowest BCUT2D eigenvalue weighted by Gasteiger charge is -1.98. The van der Waals surface area contributed by atoms with Gasteiger partial charge in [0.25, 0.3) is 5.91 Å². The highest BCUT2D eigenvalue weighted by molar-refractivity contribution is 8.18. The molecule has 0 radical (unpaired) electrons. The largest absolute Gasteiger partial charge is 0.300 e. The van der Waals surface area contributed by atoms with E-state index in [1.54, 1.807) is 12.1 Å². The van der Waals surface area contributed by atoms with E-state index in [0.29, 0.717) is 15.8 Å². The first-order valence-electron chi connectivity index (χ1n) is 7.28. The van der Waals surface area contributed by atoms with Crippen LogP contribution in [0.1, 0.15) is 18.1 Å². The van der Waals surface area contributed by atoms with Crippen LogP contribution in [0, 0.1) is 5.82 Å². The molecule has 2 aromatic rings. The first-order valence-corrected chi connectivity index (χ1v) is 8.10. The third-order valence-corrected chi connectivity index (χ3v) is 4.30. The van der Waals surface area contributed by atoms with Gasteiger partial charge in [-0.15, -0.1) is 0 Å². The summed E-state index contributed by atoms with van der Waals surface area (Å²) in [5.74, 6) is -0.483. The molecule has 1 saturated heterocycles. The lowest BCUT2D eigenvalue weighted by atomic mass is 10.1. The van der Waals surface area contributed by atoms with E-state index < -0.39 is 0 Å². The number of hydrogen-bond donors (Lipinski definition) is 1. The minimum atomic E-state index is -0.312. The van der Waals surface area contributed by atoms with Crippen molar-refractivity contribution in [3.63, 3.8) is 0 Å². The summed E-state index contributed by atoms with van der Waals surface area (Å²) in [6, 6.07) is 13.9. The Labute approximate surface area is 138 Å². The predicted molar refractivity (Wildman–Crippen MR) is 93.0 cm³/mol. The summed E-state index contributed by atoms with van der Waals surface area (Å²) in [5, 5.41) is 3.22. The molecule has 1 heterocycles. The van der Waals surface area contributed by atoms with Gasteiger partial charge < -0.3 is 5.32 Å². The Morgan fingerprint density at radius 2 is 1.83 bits per heavy atom. The number of amides is 1. The third kappa shape index (κ3) is 3.87. The van der Waals surface area contributed by atoms with E-state index >= 15 is 0 Å². The van der Waals surface area contributed by atoms with Crippen molar-refractivity contribution in [2.24, 2.45) is 4.99 Å². The van der Waals surface area contributed by atoms with Crippen LogP contribution in [-0.4, -0.2) is 11.1 Å². The van der Waals surface area contributed by atoms with Gasteiger partial charge in [0, 0.05) is 0 Å². The molecular weight excluding hydrogens is 311 g/mol. The van der Waals surface area contributed by atoms with E-state index in [1.807, 2.05) is 18.2 Å². The summed E-state index contributed by atoms with van der Waals surface area (Å²) in [5.41, 5.74) is 2.83. The van der Waals surface area contributed by atoms with Gasteiger partial charge in [-0.2, -0.15) is 0 Å². The molecule has 1 aliphatic rings.